The smallest absolute Gasteiger partial charge is 0.338 e. The van der Waals surface area contributed by atoms with Crippen molar-refractivity contribution in [1.82, 2.24) is 24.4 Å². The van der Waals surface area contributed by atoms with Gasteiger partial charge in [0.1, 0.15) is 12.4 Å². The van der Waals surface area contributed by atoms with Crippen LogP contribution in [0.15, 0.2) is 33.9 Å². The molecule has 0 radical (unpaired) electrons. The fourth-order valence-corrected chi connectivity index (χ4v) is 3.68. The normalized spacial score (nSPS) is 11.1. The van der Waals surface area contributed by atoms with E-state index in [1.165, 1.54) is 10.6 Å². The molecule has 11 heteroatoms. The Bertz CT molecular complexity index is 1320. The van der Waals surface area contributed by atoms with E-state index in [1.54, 1.807) is 22.8 Å². The van der Waals surface area contributed by atoms with Gasteiger partial charge < -0.3 is 19.9 Å². The molecule has 0 unspecified atom stereocenters. The number of hydrogen-bond acceptors (Lipinski definition) is 6. The van der Waals surface area contributed by atoms with Gasteiger partial charge in [-0.3, -0.25) is 14.3 Å². The van der Waals surface area contributed by atoms with Gasteiger partial charge in [0.2, 0.25) is 0 Å². The van der Waals surface area contributed by atoms with Gasteiger partial charge in [0.15, 0.2) is 11.2 Å². The minimum absolute atomic E-state index is 0.0314. The molecular formula is C24H32N6O5. The number of nitrogens with zero attached hydrogens (tertiary/aromatic N) is 3. The van der Waals surface area contributed by atoms with Crippen LogP contribution >= 0.6 is 0 Å². The van der Waals surface area contributed by atoms with Crippen molar-refractivity contribution in [3.05, 3.63) is 56.5 Å². The van der Waals surface area contributed by atoms with Crippen molar-refractivity contribution in [1.29, 1.82) is 0 Å². The van der Waals surface area contributed by atoms with Crippen LogP contribution in [0, 0.1) is 0 Å². The van der Waals surface area contributed by atoms with E-state index in [0.29, 0.717) is 31.0 Å². The quantitative estimate of drug-likeness (QED) is 0.378. The van der Waals surface area contributed by atoms with Crippen molar-refractivity contribution in [2.24, 2.45) is 0 Å². The van der Waals surface area contributed by atoms with Crippen molar-refractivity contribution in [3.8, 4) is 0 Å². The number of carbonyl (C=O) groups excluding carboxylic acids is 2. The Morgan fingerprint density at radius 2 is 1.89 bits per heavy atom. The summed E-state index contributed by atoms with van der Waals surface area (Å²) in [6, 6.07) is 5.99. The predicted molar refractivity (Wildman–Crippen MR) is 133 cm³/mol. The molecule has 3 rings (SSSR count). The van der Waals surface area contributed by atoms with Gasteiger partial charge in [-0.2, -0.15) is 0 Å². The summed E-state index contributed by atoms with van der Waals surface area (Å²) in [5, 5.41) is 5.39. The maximum atomic E-state index is 12.7. The third-order valence-corrected chi connectivity index (χ3v) is 5.26. The Labute approximate surface area is 202 Å². The van der Waals surface area contributed by atoms with E-state index in [1.807, 2.05) is 27.7 Å². The van der Waals surface area contributed by atoms with Crippen LogP contribution in [0.25, 0.3) is 11.2 Å². The standard InChI is InChI=1S/C24H32N6O5/c1-5-7-12-30-20-19(21(31)28-24(30)34)29(11-6-2)18(27-20)14-35-22(32)16-9-8-10-17(13-16)26-23(33)25-15(3)4/h8-10,13,15H,5-7,11-12,14H2,1-4H3,(H2,25,26,33)(H,28,31,34). The number of aromatic amines is 1. The van der Waals surface area contributed by atoms with Gasteiger partial charge in [-0.1, -0.05) is 26.3 Å². The molecule has 2 aromatic heterocycles. The number of fused-ring (bicyclic) bond motifs is 1. The van der Waals surface area contributed by atoms with E-state index in [2.05, 4.69) is 20.6 Å². The maximum absolute atomic E-state index is 12.7. The molecule has 3 N–H and O–H groups in total. The number of H-pyrrole nitrogens is 1. The first kappa shape index (κ1) is 25.7. The highest BCUT2D eigenvalue weighted by Crippen LogP contribution is 2.16. The monoisotopic (exact) mass is 484 g/mol. The van der Waals surface area contributed by atoms with Crippen LogP contribution in [0.3, 0.4) is 0 Å². The summed E-state index contributed by atoms with van der Waals surface area (Å²) in [6.07, 6.45) is 2.35. The molecule has 0 bridgehead atoms. The van der Waals surface area contributed by atoms with Crippen molar-refractivity contribution >= 4 is 28.9 Å². The number of benzene rings is 1. The minimum Gasteiger partial charge on any atom is -0.454 e. The summed E-state index contributed by atoms with van der Waals surface area (Å²) in [7, 11) is 0. The number of anilines is 1. The first-order valence-corrected chi connectivity index (χ1v) is 11.8. The number of urea groups is 1. The lowest BCUT2D eigenvalue weighted by atomic mass is 10.2. The molecule has 2 amide bonds. The zero-order valence-corrected chi connectivity index (χ0v) is 20.5. The number of esters is 1. The molecule has 2 heterocycles. The Hall–Kier alpha value is -3.89. The molecule has 35 heavy (non-hydrogen) atoms. The number of unbranched alkanes of at least 4 members (excludes halogenated alkanes) is 1. The summed E-state index contributed by atoms with van der Waals surface area (Å²) in [5.41, 5.74) is 0.247. The van der Waals surface area contributed by atoms with Crippen molar-refractivity contribution in [2.75, 3.05) is 5.32 Å². The molecule has 11 nitrogen and oxygen atoms in total. The van der Waals surface area contributed by atoms with Gasteiger partial charge in [-0.05, 0) is 44.9 Å². The summed E-state index contributed by atoms with van der Waals surface area (Å²) in [6.45, 7) is 8.37. The number of imidazole rings is 1. The number of carbonyl (C=O) groups is 2. The van der Waals surface area contributed by atoms with Crippen molar-refractivity contribution in [2.45, 2.75) is 72.7 Å². The maximum Gasteiger partial charge on any atom is 0.338 e. The minimum atomic E-state index is -0.606. The van der Waals surface area contributed by atoms with Crippen molar-refractivity contribution in [3.63, 3.8) is 0 Å². The van der Waals surface area contributed by atoms with Crippen LogP contribution in [-0.4, -0.2) is 37.1 Å². The van der Waals surface area contributed by atoms with Gasteiger partial charge in [-0.25, -0.2) is 19.4 Å². The van der Waals surface area contributed by atoms with E-state index < -0.39 is 17.2 Å². The van der Waals surface area contributed by atoms with Gasteiger partial charge in [0.25, 0.3) is 5.56 Å². The van der Waals surface area contributed by atoms with E-state index in [-0.39, 0.29) is 35.4 Å². The first-order chi connectivity index (χ1) is 16.7. The summed E-state index contributed by atoms with van der Waals surface area (Å²) >= 11 is 0. The summed E-state index contributed by atoms with van der Waals surface area (Å²) in [5.74, 6) is -0.229. The second-order valence-corrected chi connectivity index (χ2v) is 8.53. The van der Waals surface area contributed by atoms with E-state index in [0.717, 1.165) is 12.8 Å². The number of aromatic nitrogens is 4. The predicted octanol–water partition coefficient (Wildman–Crippen LogP) is 2.98. The van der Waals surface area contributed by atoms with E-state index >= 15 is 0 Å². The molecule has 0 aliphatic rings. The largest absolute Gasteiger partial charge is 0.454 e. The fourth-order valence-electron chi connectivity index (χ4n) is 3.68. The number of aryl methyl sites for hydroxylation is 2. The zero-order valence-electron chi connectivity index (χ0n) is 20.5. The Kier molecular flexibility index (Phi) is 8.45. The number of amides is 2. The topological polar surface area (TPSA) is 140 Å². The Morgan fingerprint density at radius 1 is 1.11 bits per heavy atom. The highest BCUT2D eigenvalue weighted by atomic mass is 16.5. The molecule has 0 saturated carbocycles. The molecular weight excluding hydrogens is 452 g/mol. The van der Waals surface area contributed by atoms with Crippen molar-refractivity contribution < 1.29 is 14.3 Å². The zero-order chi connectivity index (χ0) is 25.5. The first-order valence-electron chi connectivity index (χ1n) is 11.8. The van der Waals surface area contributed by atoms with Gasteiger partial charge in [0, 0.05) is 24.8 Å². The lowest BCUT2D eigenvalue weighted by Crippen LogP contribution is -2.34. The molecule has 0 saturated heterocycles. The molecule has 1 aromatic carbocycles. The second kappa shape index (κ2) is 11.5. The van der Waals surface area contributed by atoms with E-state index in [4.69, 9.17) is 4.74 Å². The molecule has 0 atom stereocenters. The SMILES string of the molecule is CCCCn1c(=O)[nH]c(=O)c2c1nc(COC(=O)c1cccc(NC(=O)NC(C)C)c1)n2CCC. The van der Waals surface area contributed by atoms with Crippen LogP contribution in [-0.2, 0) is 24.4 Å². The average molecular weight is 485 g/mol. The van der Waals surface area contributed by atoms with Gasteiger partial charge in [-0.15, -0.1) is 0 Å². The number of nitrogens with one attached hydrogen (secondary N) is 3. The third kappa shape index (κ3) is 6.17. The molecule has 0 fully saturated rings. The lowest BCUT2D eigenvalue weighted by Gasteiger charge is -2.11. The lowest BCUT2D eigenvalue weighted by molar-refractivity contribution is 0.0458. The molecule has 0 aliphatic heterocycles. The highest BCUT2D eigenvalue weighted by Gasteiger charge is 2.19. The summed E-state index contributed by atoms with van der Waals surface area (Å²) < 4.78 is 8.64. The second-order valence-electron chi connectivity index (χ2n) is 8.53. The Balaban J connectivity index is 1.85. The van der Waals surface area contributed by atoms with Crippen LogP contribution in [0.4, 0.5) is 10.5 Å². The van der Waals surface area contributed by atoms with Crippen LogP contribution < -0.4 is 21.9 Å². The third-order valence-electron chi connectivity index (χ3n) is 5.26. The highest BCUT2D eigenvalue weighted by molar-refractivity contribution is 5.94. The van der Waals surface area contributed by atoms with Gasteiger partial charge >= 0.3 is 17.7 Å². The molecule has 188 valence electrons. The molecule has 0 spiro atoms. The average Bonchev–Trinajstić information content (AvgIpc) is 3.15. The number of hydrogen-bond donors (Lipinski definition) is 3. The van der Waals surface area contributed by atoms with Gasteiger partial charge in [0.05, 0.1) is 5.56 Å². The van der Waals surface area contributed by atoms with E-state index in [9.17, 15) is 19.2 Å². The molecule has 3 aromatic rings. The van der Waals surface area contributed by atoms with Crippen LogP contribution in [0.1, 0.15) is 63.1 Å². The molecule has 0 aliphatic carbocycles. The number of rotatable bonds is 10. The fraction of sp³-hybridized carbons (Fsp3) is 0.458. The van der Waals surface area contributed by atoms with Crippen LogP contribution in [0.2, 0.25) is 0 Å². The summed E-state index contributed by atoms with van der Waals surface area (Å²) in [4.78, 5) is 56.6. The van der Waals surface area contributed by atoms with Crippen LogP contribution in [0.5, 0.6) is 0 Å². The number of ether oxygens (including phenoxy) is 1. The Morgan fingerprint density at radius 3 is 2.57 bits per heavy atom.